The van der Waals surface area contributed by atoms with Gasteiger partial charge in [-0.15, -0.1) is 0 Å². The first-order valence-corrected chi connectivity index (χ1v) is 4.99. The highest BCUT2D eigenvalue weighted by Gasteiger charge is 2.16. The Labute approximate surface area is 92.3 Å². The summed E-state index contributed by atoms with van der Waals surface area (Å²) < 4.78 is 0. The van der Waals surface area contributed by atoms with Gasteiger partial charge < -0.3 is 16.2 Å². The van der Waals surface area contributed by atoms with E-state index in [0.717, 1.165) is 12.1 Å². The molecule has 0 aliphatic rings. The van der Waals surface area contributed by atoms with Crippen molar-refractivity contribution in [2.75, 3.05) is 20.6 Å². The highest BCUT2D eigenvalue weighted by Crippen LogP contribution is 2.21. The molecule has 0 spiro atoms. The van der Waals surface area contributed by atoms with Gasteiger partial charge >= 0.3 is 0 Å². The molecule has 3 nitrogen and oxygen atoms in total. The summed E-state index contributed by atoms with van der Waals surface area (Å²) in [5.41, 5.74) is 1.00. The fourth-order valence-electron chi connectivity index (χ4n) is 1.65. The normalized spacial score (nSPS) is 14.5. The Bertz CT molecular complexity index is 262. The van der Waals surface area contributed by atoms with E-state index in [-0.39, 0.29) is 18.2 Å². The SMILES string of the molecule is C[C@@H](CN(C)C)[C@H](O)c1ccccc1.N. The van der Waals surface area contributed by atoms with Gasteiger partial charge in [0.25, 0.3) is 0 Å². The van der Waals surface area contributed by atoms with Crippen LogP contribution in [0.1, 0.15) is 18.6 Å². The van der Waals surface area contributed by atoms with E-state index < -0.39 is 0 Å². The van der Waals surface area contributed by atoms with Gasteiger partial charge in [0.1, 0.15) is 0 Å². The molecule has 4 N–H and O–H groups in total. The Morgan fingerprint density at radius 1 is 1.20 bits per heavy atom. The maximum atomic E-state index is 10.0. The second-order valence-electron chi connectivity index (χ2n) is 4.10. The molecule has 0 fully saturated rings. The molecule has 15 heavy (non-hydrogen) atoms. The van der Waals surface area contributed by atoms with Crippen molar-refractivity contribution < 1.29 is 5.11 Å². The average molecular weight is 210 g/mol. The monoisotopic (exact) mass is 210 g/mol. The summed E-state index contributed by atoms with van der Waals surface area (Å²) in [5, 5.41) is 10.0. The summed E-state index contributed by atoms with van der Waals surface area (Å²) in [6, 6.07) is 9.82. The molecule has 0 aromatic heterocycles. The lowest BCUT2D eigenvalue weighted by atomic mass is 9.97. The highest BCUT2D eigenvalue weighted by atomic mass is 16.3. The molecular formula is C12H22N2O. The van der Waals surface area contributed by atoms with Gasteiger partial charge in [-0.3, -0.25) is 0 Å². The predicted octanol–water partition coefficient (Wildman–Crippen LogP) is 2.08. The molecule has 86 valence electrons. The van der Waals surface area contributed by atoms with Crippen molar-refractivity contribution in [2.45, 2.75) is 13.0 Å². The van der Waals surface area contributed by atoms with Crippen LogP contribution in [0, 0.1) is 5.92 Å². The minimum Gasteiger partial charge on any atom is -0.388 e. The first-order valence-electron chi connectivity index (χ1n) is 4.99. The van der Waals surface area contributed by atoms with Gasteiger partial charge in [0, 0.05) is 6.54 Å². The van der Waals surface area contributed by atoms with Crippen LogP contribution in [-0.4, -0.2) is 30.6 Å². The van der Waals surface area contributed by atoms with E-state index in [4.69, 9.17) is 0 Å². The number of benzene rings is 1. The summed E-state index contributed by atoms with van der Waals surface area (Å²) >= 11 is 0. The second-order valence-corrected chi connectivity index (χ2v) is 4.10. The Hall–Kier alpha value is -0.900. The van der Waals surface area contributed by atoms with Crippen LogP contribution in [-0.2, 0) is 0 Å². The van der Waals surface area contributed by atoms with E-state index in [1.807, 2.05) is 44.4 Å². The Kier molecular flexibility index (Phi) is 6.17. The van der Waals surface area contributed by atoms with Gasteiger partial charge in [-0.05, 0) is 25.6 Å². The molecule has 2 atom stereocenters. The zero-order valence-corrected chi connectivity index (χ0v) is 9.85. The van der Waals surface area contributed by atoms with E-state index >= 15 is 0 Å². The second kappa shape index (κ2) is 6.56. The van der Waals surface area contributed by atoms with Gasteiger partial charge in [0.15, 0.2) is 0 Å². The first-order chi connectivity index (χ1) is 6.61. The van der Waals surface area contributed by atoms with Crippen LogP contribution in [0.3, 0.4) is 0 Å². The third-order valence-electron chi connectivity index (χ3n) is 2.33. The van der Waals surface area contributed by atoms with E-state index in [0.29, 0.717) is 0 Å². The van der Waals surface area contributed by atoms with Crippen molar-refractivity contribution >= 4 is 0 Å². The lowest BCUT2D eigenvalue weighted by molar-refractivity contribution is 0.100. The molecule has 1 rings (SSSR count). The van der Waals surface area contributed by atoms with Crippen LogP contribution in [0.15, 0.2) is 30.3 Å². The molecule has 0 heterocycles. The smallest absolute Gasteiger partial charge is 0.0827 e. The summed E-state index contributed by atoms with van der Waals surface area (Å²) in [5.74, 6) is 0.257. The molecule has 1 aromatic carbocycles. The van der Waals surface area contributed by atoms with Gasteiger partial charge in [-0.25, -0.2) is 0 Å². The molecule has 0 bridgehead atoms. The molecule has 0 saturated carbocycles. The first kappa shape index (κ1) is 14.1. The van der Waals surface area contributed by atoms with Crippen LogP contribution in [0.25, 0.3) is 0 Å². The Balaban J connectivity index is 0.00000196. The van der Waals surface area contributed by atoms with Crippen LogP contribution in [0.5, 0.6) is 0 Å². The minimum absolute atomic E-state index is 0. The van der Waals surface area contributed by atoms with E-state index in [1.54, 1.807) is 0 Å². The van der Waals surface area contributed by atoms with Crippen molar-refractivity contribution in [1.82, 2.24) is 11.1 Å². The number of hydrogen-bond acceptors (Lipinski definition) is 3. The fraction of sp³-hybridized carbons (Fsp3) is 0.500. The van der Waals surface area contributed by atoms with Crippen LogP contribution >= 0.6 is 0 Å². The molecular weight excluding hydrogens is 188 g/mol. The number of nitrogens with zero attached hydrogens (tertiary/aromatic N) is 1. The molecule has 0 unspecified atom stereocenters. The van der Waals surface area contributed by atoms with Crippen LogP contribution in [0.2, 0.25) is 0 Å². The van der Waals surface area contributed by atoms with Crippen LogP contribution < -0.4 is 6.15 Å². The van der Waals surface area contributed by atoms with Gasteiger partial charge in [-0.1, -0.05) is 37.3 Å². The van der Waals surface area contributed by atoms with E-state index in [1.165, 1.54) is 0 Å². The molecule has 0 radical (unpaired) electrons. The molecule has 1 aromatic rings. The third-order valence-corrected chi connectivity index (χ3v) is 2.33. The minimum atomic E-state index is -0.362. The number of aliphatic hydroxyl groups is 1. The Morgan fingerprint density at radius 2 is 1.73 bits per heavy atom. The summed E-state index contributed by atoms with van der Waals surface area (Å²) in [4.78, 5) is 2.09. The molecule has 0 amide bonds. The summed E-state index contributed by atoms with van der Waals surface area (Å²) in [6.07, 6.45) is -0.362. The van der Waals surface area contributed by atoms with Crippen molar-refractivity contribution in [1.29, 1.82) is 0 Å². The maximum Gasteiger partial charge on any atom is 0.0827 e. The number of rotatable bonds is 4. The standard InChI is InChI=1S/C12H19NO.H3N/c1-10(9-13(2)3)12(14)11-7-5-4-6-8-11;/h4-8,10,12,14H,9H2,1-3H3;1H3/t10-,12-;/m0./s1. The number of hydrogen-bond donors (Lipinski definition) is 2. The fourth-order valence-corrected chi connectivity index (χ4v) is 1.65. The van der Waals surface area contributed by atoms with Gasteiger partial charge in [0.05, 0.1) is 6.10 Å². The quantitative estimate of drug-likeness (QED) is 0.800. The topological polar surface area (TPSA) is 58.5 Å². The Morgan fingerprint density at radius 3 is 2.20 bits per heavy atom. The molecule has 3 heteroatoms. The molecule has 0 aliphatic carbocycles. The maximum absolute atomic E-state index is 10.0. The highest BCUT2D eigenvalue weighted by molar-refractivity contribution is 5.17. The lowest BCUT2D eigenvalue weighted by Crippen LogP contribution is -2.24. The van der Waals surface area contributed by atoms with E-state index in [9.17, 15) is 5.11 Å². The zero-order chi connectivity index (χ0) is 10.6. The largest absolute Gasteiger partial charge is 0.388 e. The predicted molar refractivity (Wildman–Crippen MR) is 64.1 cm³/mol. The van der Waals surface area contributed by atoms with Crippen molar-refractivity contribution in [3.63, 3.8) is 0 Å². The lowest BCUT2D eigenvalue weighted by Gasteiger charge is -2.22. The van der Waals surface area contributed by atoms with E-state index in [2.05, 4.69) is 11.8 Å². The van der Waals surface area contributed by atoms with Crippen LogP contribution in [0.4, 0.5) is 0 Å². The average Bonchev–Trinajstić information content (AvgIpc) is 2.17. The molecule has 0 aliphatic heterocycles. The van der Waals surface area contributed by atoms with Gasteiger partial charge in [-0.2, -0.15) is 0 Å². The summed E-state index contributed by atoms with van der Waals surface area (Å²) in [7, 11) is 4.04. The van der Waals surface area contributed by atoms with Crippen molar-refractivity contribution in [2.24, 2.45) is 5.92 Å². The number of aliphatic hydroxyl groups excluding tert-OH is 1. The zero-order valence-electron chi connectivity index (χ0n) is 9.85. The van der Waals surface area contributed by atoms with Crippen molar-refractivity contribution in [3.05, 3.63) is 35.9 Å². The molecule has 0 saturated heterocycles. The van der Waals surface area contributed by atoms with Gasteiger partial charge in [0.2, 0.25) is 0 Å². The summed E-state index contributed by atoms with van der Waals surface area (Å²) in [6.45, 7) is 2.97. The van der Waals surface area contributed by atoms with Crippen molar-refractivity contribution in [3.8, 4) is 0 Å². The third kappa shape index (κ3) is 4.42.